The number of nitro groups is 1. The zero-order valence-electron chi connectivity index (χ0n) is 14.1. The lowest BCUT2D eigenvalue weighted by Crippen LogP contribution is -2.17. The van der Waals surface area contributed by atoms with Gasteiger partial charge < -0.3 is 24.6 Å². The standard InChI is InChI=1S/C16H10BrF3N4O5/c17-12-8-23(22-14(12)24(26)27)7-11-5-6-13(28-11)15(25)21-9-1-3-10(4-2-9)29-16(18,19)20/h1-6,8H,7H2,(H,21,25). The molecule has 29 heavy (non-hydrogen) atoms. The number of amides is 1. The number of hydrogen-bond donors (Lipinski definition) is 1. The van der Waals surface area contributed by atoms with E-state index in [4.69, 9.17) is 4.42 Å². The minimum atomic E-state index is -4.81. The van der Waals surface area contributed by atoms with Crippen LogP contribution in [0.25, 0.3) is 0 Å². The van der Waals surface area contributed by atoms with Gasteiger partial charge in [-0.2, -0.15) is 4.68 Å². The maximum absolute atomic E-state index is 12.2. The maximum Gasteiger partial charge on any atom is 0.573 e. The van der Waals surface area contributed by atoms with Crippen LogP contribution in [0.4, 0.5) is 24.7 Å². The number of benzene rings is 1. The van der Waals surface area contributed by atoms with Crippen LogP contribution in [0.3, 0.4) is 0 Å². The van der Waals surface area contributed by atoms with Crippen LogP contribution in [-0.4, -0.2) is 27.0 Å². The molecule has 0 saturated heterocycles. The lowest BCUT2D eigenvalue weighted by molar-refractivity contribution is -0.390. The Morgan fingerprint density at radius 2 is 1.97 bits per heavy atom. The molecule has 0 aliphatic heterocycles. The third-order valence-corrected chi connectivity index (χ3v) is 3.98. The van der Waals surface area contributed by atoms with Gasteiger partial charge in [-0.1, -0.05) is 0 Å². The van der Waals surface area contributed by atoms with Crippen LogP contribution in [-0.2, 0) is 6.54 Å². The Hall–Kier alpha value is -3.35. The summed E-state index contributed by atoms with van der Waals surface area (Å²) < 4.78 is 47.0. The Morgan fingerprint density at radius 1 is 1.28 bits per heavy atom. The molecule has 3 aromatic rings. The highest BCUT2D eigenvalue weighted by atomic mass is 79.9. The topological polar surface area (TPSA) is 112 Å². The Balaban J connectivity index is 1.63. The molecule has 0 unspecified atom stereocenters. The molecule has 2 aromatic heterocycles. The molecule has 0 bridgehead atoms. The number of ether oxygens (including phenoxy) is 1. The maximum atomic E-state index is 12.2. The van der Waals surface area contributed by atoms with E-state index >= 15 is 0 Å². The van der Waals surface area contributed by atoms with Crippen LogP contribution < -0.4 is 10.1 Å². The summed E-state index contributed by atoms with van der Waals surface area (Å²) in [5, 5.41) is 17.0. The number of aromatic nitrogens is 2. The SMILES string of the molecule is O=C(Nc1ccc(OC(F)(F)F)cc1)c1ccc(Cn2cc(Br)c([N+](=O)[O-])n2)o1. The molecule has 3 rings (SSSR count). The number of anilines is 1. The Bertz CT molecular complexity index is 1050. The molecule has 13 heteroatoms. The van der Waals surface area contributed by atoms with E-state index in [1.807, 2.05) is 0 Å². The smallest absolute Gasteiger partial charge is 0.454 e. The first-order valence-corrected chi connectivity index (χ1v) is 8.53. The van der Waals surface area contributed by atoms with Crippen molar-refractivity contribution in [3.8, 4) is 5.75 Å². The fraction of sp³-hybridized carbons (Fsp3) is 0.125. The van der Waals surface area contributed by atoms with Crippen LogP contribution in [0, 0.1) is 10.1 Å². The van der Waals surface area contributed by atoms with E-state index in [1.54, 1.807) is 0 Å². The predicted octanol–water partition coefficient (Wildman–Crippen LogP) is 4.35. The van der Waals surface area contributed by atoms with Crippen molar-refractivity contribution >= 4 is 33.3 Å². The van der Waals surface area contributed by atoms with E-state index in [0.29, 0.717) is 5.76 Å². The molecule has 0 saturated carbocycles. The number of furan rings is 1. The van der Waals surface area contributed by atoms with Crippen molar-refractivity contribution in [2.24, 2.45) is 0 Å². The average Bonchev–Trinajstić information content (AvgIpc) is 3.22. The highest BCUT2D eigenvalue weighted by Crippen LogP contribution is 2.25. The number of nitrogens with zero attached hydrogens (tertiary/aromatic N) is 3. The molecule has 1 aromatic carbocycles. The lowest BCUT2D eigenvalue weighted by Gasteiger charge is -2.09. The average molecular weight is 475 g/mol. The zero-order valence-corrected chi connectivity index (χ0v) is 15.7. The number of carbonyl (C=O) groups excluding carboxylic acids is 1. The van der Waals surface area contributed by atoms with Crippen LogP contribution in [0.2, 0.25) is 0 Å². The highest BCUT2D eigenvalue weighted by molar-refractivity contribution is 9.10. The highest BCUT2D eigenvalue weighted by Gasteiger charge is 2.31. The molecule has 1 N–H and O–H groups in total. The van der Waals surface area contributed by atoms with E-state index in [9.17, 15) is 28.1 Å². The second-order valence-corrected chi connectivity index (χ2v) is 6.40. The molecule has 152 valence electrons. The molecule has 0 spiro atoms. The minimum absolute atomic E-state index is 0.0448. The summed E-state index contributed by atoms with van der Waals surface area (Å²) in [6.07, 6.45) is -3.41. The van der Waals surface area contributed by atoms with Gasteiger partial charge in [-0.15, -0.1) is 13.2 Å². The third-order valence-electron chi connectivity index (χ3n) is 3.42. The second kappa shape index (κ2) is 7.95. The summed E-state index contributed by atoms with van der Waals surface area (Å²) in [6.45, 7) is 0.0448. The van der Waals surface area contributed by atoms with Crippen molar-refractivity contribution in [1.29, 1.82) is 0 Å². The van der Waals surface area contributed by atoms with Crippen molar-refractivity contribution < 1.29 is 32.0 Å². The molecule has 0 atom stereocenters. The largest absolute Gasteiger partial charge is 0.573 e. The molecule has 0 radical (unpaired) electrons. The van der Waals surface area contributed by atoms with Gasteiger partial charge >= 0.3 is 12.2 Å². The predicted molar refractivity (Wildman–Crippen MR) is 95.5 cm³/mol. The number of carbonyl (C=O) groups is 1. The molecular formula is C16H10BrF3N4O5. The fourth-order valence-electron chi connectivity index (χ4n) is 2.27. The summed E-state index contributed by atoms with van der Waals surface area (Å²) >= 11 is 3.03. The normalized spacial score (nSPS) is 11.3. The molecule has 2 heterocycles. The van der Waals surface area contributed by atoms with Gasteiger partial charge in [0.15, 0.2) is 5.76 Å². The first-order chi connectivity index (χ1) is 13.6. The van der Waals surface area contributed by atoms with Crippen molar-refractivity contribution in [3.63, 3.8) is 0 Å². The number of nitrogens with one attached hydrogen (secondary N) is 1. The molecular weight excluding hydrogens is 465 g/mol. The molecule has 0 fully saturated rings. The molecule has 9 nitrogen and oxygen atoms in total. The monoisotopic (exact) mass is 474 g/mol. The quantitative estimate of drug-likeness (QED) is 0.419. The van der Waals surface area contributed by atoms with Crippen LogP contribution in [0.5, 0.6) is 5.75 Å². The summed E-state index contributed by atoms with van der Waals surface area (Å²) in [4.78, 5) is 22.4. The number of alkyl halides is 3. The third kappa shape index (κ3) is 5.34. The summed E-state index contributed by atoms with van der Waals surface area (Å²) in [5.41, 5.74) is 0.231. The Morgan fingerprint density at radius 3 is 2.55 bits per heavy atom. The molecule has 1 amide bonds. The van der Waals surface area contributed by atoms with Gasteiger partial charge in [-0.3, -0.25) is 4.79 Å². The Kier molecular flexibility index (Phi) is 5.59. The van der Waals surface area contributed by atoms with Crippen molar-refractivity contribution in [2.75, 3.05) is 5.32 Å². The van der Waals surface area contributed by atoms with Gasteiger partial charge in [-0.25, -0.2) is 0 Å². The van der Waals surface area contributed by atoms with E-state index in [2.05, 4.69) is 31.1 Å². The second-order valence-electron chi connectivity index (χ2n) is 5.55. The van der Waals surface area contributed by atoms with Crippen molar-refractivity contribution in [3.05, 3.63) is 68.7 Å². The van der Waals surface area contributed by atoms with E-state index in [0.717, 1.165) is 12.1 Å². The summed E-state index contributed by atoms with van der Waals surface area (Å²) in [6, 6.07) is 7.47. The molecule has 0 aliphatic carbocycles. The van der Waals surface area contributed by atoms with Gasteiger partial charge in [-0.05, 0) is 57.3 Å². The first-order valence-electron chi connectivity index (χ1n) is 7.74. The van der Waals surface area contributed by atoms with Gasteiger partial charge in [0, 0.05) is 5.69 Å². The number of hydrogen-bond acceptors (Lipinski definition) is 6. The lowest BCUT2D eigenvalue weighted by atomic mass is 10.3. The number of rotatable bonds is 6. The van der Waals surface area contributed by atoms with Crippen molar-refractivity contribution in [2.45, 2.75) is 12.9 Å². The number of halogens is 4. The van der Waals surface area contributed by atoms with Crippen molar-refractivity contribution in [1.82, 2.24) is 9.78 Å². The van der Waals surface area contributed by atoms with Gasteiger partial charge in [0.05, 0.1) is 11.3 Å². The van der Waals surface area contributed by atoms with Gasteiger partial charge in [0.2, 0.25) is 0 Å². The zero-order chi connectivity index (χ0) is 21.2. The van der Waals surface area contributed by atoms with E-state index < -0.39 is 22.9 Å². The van der Waals surface area contributed by atoms with Crippen LogP contribution in [0.1, 0.15) is 16.3 Å². The van der Waals surface area contributed by atoms with Gasteiger partial charge in [0.25, 0.3) is 5.91 Å². The summed E-state index contributed by atoms with van der Waals surface area (Å²) in [5.74, 6) is -1.15. The Labute approximate surface area is 168 Å². The summed E-state index contributed by atoms with van der Waals surface area (Å²) in [7, 11) is 0. The van der Waals surface area contributed by atoms with E-state index in [1.165, 1.54) is 35.1 Å². The van der Waals surface area contributed by atoms with Crippen LogP contribution >= 0.6 is 15.9 Å². The fourth-order valence-corrected chi connectivity index (χ4v) is 2.73. The first kappa shape index (κ1) is 20.4. The molecule has 0 aliphatic rings. The minimum Gasteiger partial charge on any atom is -0.454 e. The van der Waals surface area contributed by atoms with Gasteiger partial charge in [0.1, 0.15) is 22.5 Å². The van der Waals surface area contributed by atoms with Crippen LogP contribution in [0.15, 0.2) is 51.5 Å². The van der Waals surface area contributed by atoms with E-state index in [-0.39, 0.29) is 28.3 Å².